The maximum absolute atomic E-state index is 11.2. The molecule has 2 unspecified atom stereocenters. The average Bonchev–Trinajstić information content (AvgIpc) is 2.37. The lowest BCUT2D eigenvalue weighted by Gasteiger charge is -2.26. The van der Waals surface area contributed by atoms with Gasteiger partial charge in [-0.15, -0.1) is 0 Å². The van der Waals surface area contributed by atoms with Crippen LogP contribution in [0.2, 0.25) is 0 Å². The first-order valence-electron chi connectivity index (χ1n) is 6.41. The lowest BCUT2D eigenvalue weighted by molar-refractivity contribution is -0.144. The van der Waals surface area contributed by atoms with Gasteiger partial charge in [-0.25, -0.2) is 0 Å². The highest BCUT2D eigenvalue weighted by atomic mass is 35.5. The van der Waals surface area contributed by atoms with E-state index in [0.717, 1.165) is 0 Å². The molecule has 6 N–H and O–H groups in total. The molecule has 0 aromatic carbocycles. The number of carboxylic acid groups (broad SMARTS) is 2. The van der Waals surface area contributed by atoms with Gasteiger partial charge < -0.3 is 21.7 Å². The van der Waals surface area contributed by atoms with Crippen LogP contribution in [0.3, 0.4) is 0 Å². The third-order valence-corrected chi connectivity index (χ3v) is 4.08. The van der Waals surface area contributed by atoms with Crippen LogP contribution in [-0.4, -0.2) is 33.2 Å². The molecule has 20 heavy (non-hydrogen) atoms. The highest BCUT2D eigenvalue weighted by Crippen LogP contribution is 2.28. The number of nitrogens with two attached hydrogens (primary N) is 2. The lowest BCUT2D eigenvalue weighted by atomic mass is 9.87. The Morgan fingerprint density at radius 2 is 1.35 bits per heavy atom. The predicted molar refractivity (Wildman–Crippen MR) is 77.5 cm³/mol. The molecule has 0 saturated carbocycles. The van der Waals surface area contributed by atoms with E-state index in [1.165, 1.54) is 0 Å². The van der Waals surface area contributed by atoms with Crippen molar-refractivity contribution < 1.29 is 19.8 Å². The molecule has 116 valence electrons. The van der Waals surface area contributed by atoms with Crippen LogP contribution < -0.4 is 11.5 Å². The summed E-state index contributed by atoms with van der Waals surface area (Å²) in [7, 11) is 0. The molecule has 2 atom stereocenters. The van der Waals surface area contributed by atoms with Crippen LogP contribution in [0.15, 0.2) is 10.6 Å². The van der Waals surface area contributed by atoms with Crippen LogP contribution in [-0.2, 0) is 9.59 Å². The zero-order chi connectivity index (χ0) is 16.1. The summed E-state index contributed by atoms with van der Waals surface area (Å²) < 4.78 is 0. The molecule has 6 nitrogen and oxygen atoms in total. The predicted octanol–water partition coefficient (Wildman–Crippen LogP) is 1.66. The van der Waals surface area contributed by atoms with E-state index in [1.54, 1.807) is 20.8 Å². The fourth-order valence-electron chi connectivity index (χ4n) is 1.70. The molecule has 7 heteroatoms. The van der Waals surface area contributed by atoms with Crippen molar-refractivity contribution >= 4 is 23.5 Å². The highest BCUT2D eigenvalue weighted by Gasteiger charge is 2.35. The van der Waals surface area contributed by atoms with Crippen molar-refractivity contribution in [1.29, 1.82) is 0 Å². The molecule has 0 radical (unpaired) electrons. The molecule has 0 bridgehead atoms. The lowest BCUT2D eigenvalue weighted by Crippen LogP contribution is -2.48. The third-order valence-electron chi connectivity index (χ3n) is 3.63. The highest BCUT2D eigenvalue weighted by molar-refractivity contribution is 6.30. The van der Waals surface area contributed by atoms with E-state index in [0.29, 0.717) is 5.57 Å². The molecule has 0 amide bonds. The molecule has 0 fully saturated rings. The number of hydrogen-bond acceptors (Lipinski definition) is 4. The van der Waals surface area contributed by atoms with Crippen LogP contribution in [0.1, 0.15) is 46.5 Å². The summed E-state index contributed by atoms with van der Waals surface area (Å²) in [5.74, 6) is -2.25. The molecular weight excluding hydrogens is 284 g/mol. The van der Waals surface area contributed by atoms with Crippen molar-refractivity contribution in [2.75, 3.05) is 0 Å². The number of carbonyl (C=O) groups is 2. The fraction of sp³-hybridized carbons (Fsp3) is 0.692. The van der Waals surface area contributed by atoms with Gasteiger partial charge in [0.1, 0.15) is 11.1 Å². The molecule has 0 rings (SSSR count). The van der Waals surface area contributed by atoms with Gasteiger partial charge in [0.15, 0.2) is 0 Å². The van der Waals surface area contributed by atoms with Gasteiger partial charge in [-0.1, -0.05) is 31.0 Å². The SMILES string of the molecule is CCC(N)(CC(C)=C(Cl)CC(N)(CC)C(=O)O)C(=O)O. The summed E-state index contributed by atoms with van der Waals surface area (Å²) in [5, 5.41) is 18.5. The number of rotatable bonds is 8. The Bertz CT molecular complexity index is 387. The van der Waals surface area contributed by atoms with Gasteiger partial charge in [0.05, 0.1) is 0 Å². The summed E-state index contributed by atoms with van der Waals surface area (Å²) in [5.41, 5.74) is 9.25. The molecular formula is C13H23ClN2O4. The molecule has 0 aliphatic rings. The fourth-order valence-corrected chi connectivity index (χ4v) is 2.01. The Hall–Kier alpha value is -1.11. The van der Waals surface area contributed by atoms with Gasteiger partial charge in [0.2, 0.25) is 0 Å². The molecule has 0 saturated heterocycles. The quantitative estimate of drug-likeness (QED) is 0.540. The summed E-state index contributed by atoms with van der Waals surface area (Å²) >= 11 is 6.09. The number of carboxylic acids is 2. The second-order valence-corrected chi connectivity index (χ2v) is 5.62. The standard InChI is InChI=1S/C13H23ClN2O4/c1-4-12(15,10(17)18)6-8(3)9(14)7-13(16,5-2)11(19)20/h4-7,15-16H2,1-3H3,(H,17,18)(H,19,20). The maximum atomic E-state index is 11.2. The molecule has 0 aliphatic heterocycles. The van der Waals surface area contributed by atoms with Crippen molar-refractivity contribution in [2.45, 2.75) is 57.5 Å². The molecule has 0 heterocycles. The number of hydrogen-bond donors (Lipinski definition) is 4. The van der Waals surface area contributed by atoms with E-state index in [4.69, 9.17) is 33.3 Å². The summed E-state index contributed by atoms with van der Waals surface area (Å²) in [6.07, 6.45) is 0.458. The molecule has 0 aliphatic carbocycles. The van der Waals surface area contributed by atoms with Gasteiger partial charge in [-0.05, 0) is 26.2 Å². The van der Waals surface area contributed by atoms with Gasteiger partial charge in [0, 0.05) is 11.5 Å². The molecule has 0 aromatic heterocycles. The Kier molecular flexibility index (Phi) is 6.67. The van der Waals surface area contributed by atoms with Crippen molar-refractivity contribution in [3.63, 3.8) is 0 Å². The first-order chi connectivity index (χ1) is 9.02. The van der Waals surface area contributed by atoms with Crippen molar-refractivity contribution in [2.24, 2.45) is 11.5 Å². The van der Waals surface area contributed by atoms with Gasteiger partial charge >= 0.3 is 11.9 Å². The maximum Gasteiger partial charge on any atom is 0.324 e. The van der Waals surface area contributed by atoms with E-state index in [-0.39, 0.29) is 30.7 Å². The Labute approximate surface area is 123 Å². The van der Waals surface area contributed by atoms with Gasteiger partial charge in [-0.3, -0.25) is 9.59 Å². The molecule has 0 spiro atoms. The second kappa shape index (κ2) is 7.06. The van der Waals surface area contributed by atoms with E-state index in [1.807, 2.05) is 0 Å². The second-order valence-electron chi connectivity index (χ2n) is 5.17. The Balaban J connectivity index is 5.19. The normalized spacial score (nSPS) is 18.7. The third kappa shape index (κ3) is 4.47. The van der Waals surface area contributed by atoms with Crippen molar-refractivity contribution in [1.82, 2.24) is 0 Å². The van der Waals surface area contributed by atoms with Gasteiger partial charge in [0.25, 0.3) is 0 Å². The number of aliphatic carboxylic acids is 2. The largest absolute Gasteiger partial charge is 0.480 e. The Morgan fingerprint density at radius 3 is 1.65 bits per heavy atom. The van der Waals surface area contributed by atoms with Crippen molar-refractivity contribution in [3.05, 3.63) is 10.6 Å². The average molecular weight is 307 g/mol. The summed E-state index contributed by atoms with van der Waals surface area (Å²) in [4.78, 5) is 22.3. The Morgan fingerprint density at radius 1 is 1.00 bits per heavy atom. The topological polar surface area (TPSA) is 127 Å². The summed E-state index contributed by atoms with van der Waals surface area (Å²) in [6, 6.07) is 0. The van der Waals surface area contributed by atoms with Crippen LogP contribution >= 0.6 is 11.6 Å². The minimum atomic E-state index is -1.45. The van der Waals surface area contributed by atoms with Crippen LogP contribution in [0, 0.1) is 0 Å². The van der Waals surface area contributed by atoms with Crippen LogP contribution in [0.5, 0.6) is 0 Å². The molecule has 0 aromatic rings. The summed E-state index contributed by atoms with van der Waals surface area (Å²) in [6.45, 7) is 4.97. The first kappa shape index (κ1) is 18.9. The van der Waals surface area contributed by atoms with Crippen LogP contribution in [0.25, 0.3) is 0 Å². The smallest absolute Gasteiger partial charge is 0.324 e. The number of halogens is 1. The zero-order valence-electron chi connectivity index (χ0n) is 12.1. The van der Waals surface area contributed by atoms with Crippen LogP contribution in [0.4, 0.5) is 0 Å². The van der Waals surface area contributed by atoms with E-state index in [2.05, 4.69) is 0 Å². The monoisotopic (exact) mass is 306 g/mol. The van der Waals surface area contributed by atoms with Crippen molar-refractivity contribution in [3.8, 4) is 0 Å². The van der Waals surface area contributed by atoms with E-state index >= 15 is 0 Å². The zero-order valence-corrected chi connectivity index (χ0v) is 12.8. The first-order valence-corrected chi connectivity index (χ1v) is 6.79. The minimum absolute atomic E-state index is 0.0500. The van der Waals surface area contributed by atoms with Gasteiger partial charge in [-0.2, -0.15) is 0 Å². The van der Waals surface area contributed by atoms with E-state index < -0.39 is 23.0 Å². The minimum Gasteiger partial charge on any atom is -0.480 e. The van der Waals surface area contributed by atoms with E-state index in [9.17, 15) is 9.59 Å².